The van der Waals surface area contributed by atoms with E-state index < -0.39 is 11.1 Å². The van der Waals surface area contributed by atoms with Crippen LogP contribution in [0, 0.1) is 17.0 Å². The second-order valence-electron chi connectivity index (χ2n) is 8.16. The molecule has 34 heavy (non-hydrogen) atoms. The largest absolute Gasteiger partial charge is 0.380 e. The van der Waals surface area contributed by atoms with Gasteiger partial charge in [0.05, 0.1) is 17.2 Å². The van der Waals surface area contributed by atoms with Crippen molar-refractivity contribution >= 4 is 38.8 Å². The van der Waals surface area contributed by atoms with Crippen molar-refractivity contribution in [2.24, 2.45) is 0 Å². The van der Waals surface area contributed by atoms with Crippen molar-refractivity contribution in [3.8, 4) is 0 Å². The molecule has 1 atom stereocenters. The molecule has 2 aromatic heterocycles. The summed E-state index contributed by atoms with van der Waals surface area (Å²) in [6.45, 7) is 2.71. The van der Waals surface area contributed by atoms with E-state index in [1.807, 2.05) is 43.3 Å². The van der Waals surface area contributed by atoms with Crippen molar-refractivity contribution in [3.05, 3.63) is 98.0 Å². The van der Waals surface area contributed by atoms with Crippen molar-refractivity contribution in [2.45, 2.75) is 26.2 Å². The highest BCUT2D eigenvalue weighted by atomic mass is 32.1. The lowest BCUT2D eigenvalue weighted by molar-refractivity contribution is -0.384. The number of hydrogen-bond acceptors (Lipinski definition) is 7. The first kappa shape index (κ1) is 22.0. The number of nitrogens with zero attached hydrogens (tertiary/aromatic N) is 3. The zero-order chi connectivity index (χ0) is 23.8. The highest BCUT2D eigenvalue weighted by Crippen LogP contribution is 2.44. The number of carbonyl (C=O) groups is 1. The molecule has 3 heterocycles. The minimum Gasteiger partial charge on any atom is -0.380 e. The van der Waals surface area contributed by atoms with E-state index in [1.54, 1.807) is 24.1 Å². The minimum absolute atomic E-state index is 0.00391. The molecular weight excluding hydrogens is 452 g/mol. The molecule has 0 aliphatic carbocycles. The van der Waals surface area contributed by atoms with Gasteiger partial charge in [0, 0.05) is 36.9 Å². The SMILES string of the molecule is COCc1cc(C)nc2sc3c(c12)N[C@H](c1ccc([N+](=O)[O-])cc1)N(Cc1ccccc1)C3=O. The minimum atomic E-state index is -0.504. The number of pyridine rings is 1. The van der Waals surface area contributed by atoms with Crippen LogP contribution in [-0.2, 0) is 17.9 Å². The summed E-state index contributed by atoms with van der Waals surface area (Å²) in [5, 5.41) is 15.6. The maximum Gasteiger partial charge on any atom is 0.269 e. The molecule has 1 N–H and O–H groups in total. The topological polar surface area (TPSA) is 97.6 Å². The molecule has 0 unspecified atom stereocenters. The molecule has 1 amide bonds. The van der Waals surface area contributed by atoms with Gasteiger partial charge in [0.2, 0.25) is 0 Å². The lowest BCUT2D eigenvalue weighted by atomic mass is 10.0. The van der Waals surface area contributed by atoms with E-state index in [0.29, 0.717) is 18.0 Å². The van der Waals surface area contributed by atoms with E-state index in [9.17, 15) is 14.9 Å². The van der Waals surface area contributed by atoms with Crippen molar-refractivity contribution in [1.82, 2.24) is 9.88 Å². The van der Waals surface area contributed by atoms with Gasteiger partial charge in [0.15, 0.2) is 0 Å². The molecule has 1 aliphatic heterocycles. The maximum atomic E-state index is 13.8. The summed E-state index contributed by atoms with van der Waals surface area (Å²) < 4.78 is 5.42. The quantitative estimate of drug-likeness (QED) is 0.296. The predicted octanol–water partition coefficient (Wildman–Crippen LogP) is 5.43. The third-order valence-electron chi connectivity index (χ3n) is 5.83. The Morgan fingerprint density at radius 2 is 1.91 bits per heavy atom. The normalized spacial score (nSPS) is 15.3. The average Bonchev–Trinajstić information content (AvgIpc) is 3.20. The number of hydrogen-bond donors (Lipinski definition) is 1. The number of nitrogens with one attached hydrogen (secondary N) is 1. The fourth-order valence-corrected chi connectivity index (χ4v) is 5.50. The molecule has 5 rings (SSSR count). The Labute approximate surface area is 200 Å². The Morgan fingerprint density at radius 1 is 1.18 bits per heavy atom. The first-order chi connectivity index (χ1) is 16.5. The smallest absolute Gasteiger partial charge is 0.269 e. The first-order valence-electron chi connectivity index (χ1n) is 10.7. The fourth-order valence-electron chi connectivity index (χ4n) is 4.32. The second kappa shape index (κ2) is 8.85. The number of carbonyl (C=O) groups excluding carboxylic acids is 1. The first-order valence-corrected chi connectivity index (χ1v) is 11.6. The van der Waals surface area contributed by atoms with Crippen molar-refractivity contribution in [1.29, 1.82) is 0 Å². The highest BCUT2D eigenvalue weighted by Gasteiger charge is 2.37. The number of anilines is 1. The molecule has 0 fully saturated rings. The average molecular weight is 475 g/mol. The zero-order valence-electron chi connectivity index (χ0n) is 18.6. The van der Waals surface area contributed by atoms with Crippen LogP contribution in [0.5, 0.6) is 0 Å². The number of aryl methyl sites for hydroxylation is 1. The third kappa shape index (κ3) is 3.89. The van der Waals surface area contributed by atoms with E-state index in [-0.39, 0.29) is 11.6 Å². The molecule has 0 saturated heterocycles. The number of rotatable bonds is 6. The van der Waals surface area contributed by atoms with Crippen LogP contribution in [-0.4, -0.2) is 27.8 Å². The van der Waals surface area contributed by atoms with E-state index in [4.69, 9.17) is 4.74 Å². The van der Waals surface area contributed by atoms with E-state index in [2.05, 4.69) is 10.3 Å². The van der Waals surface area contributed by atoms with Gasteiger partial charge in [0.25, 0.3) is 11.6 Å². The van der Waals surface area contributed by atoms with Gasteiger partial charge in [-0.1, -0.05) is 30.3 Å². The Hall–Kier alpha value is -3.82. The molecule has 4 aromatic rings. The highest BCUT2D eigenvalue weighted by molar-refractivity contribution is 7.21. The van der Waals surface area contributed by atoms with E-state index >= 15 is 0 Å². The van der Waals surface area contributed by atoms with Crippen LogP contribution in [0.15, 0.2) is 60.7 Å². The summed E-state index contributed by atoms with van der Waals surface area (Å²) in [6, 6.07) is 18.0. The van der Waals surface area contributed by atoms with Gasteiger partial charge in [-0.2, -0.15) is 0 Å². The summed E-state index contributed by atoms with van der Waals surface area (Å²) in [5.41, 5.74) is 4.30. The van der Waals surface area contributed by atoms with Crippen LogP contribution in [0.2, 0.25) is 0 Å². The predicted molar refractivity (Wildman–Crippen MR) is 131 cm³/mol. The summed E-state index contributed by atoms with van der Waals surface area (Å²) in [4.78, 5) is 32.4. The zero-order valence-corrected chi connectivity index (χ0v) is 19.5. The van der Waals surface area contributed by atoms with Crippen LogP contribution >= 0.6 is 11.3 Å². The number of nitro benzene ring substituents is 1. The molecule has 2 aromatic carbocycles. The lowest BCUT2D eigenvalue weighted by Gasteiger charge is -2.37. The number of amides is 1. The second-order valence-corrected chi connectivity index (χ2v) is 9.16. The lowest BCUT2D eigenvalue weighted by Crippen LogP contribution is -2.41. The molecular formula is C25H22N4O4S. The van der Waals surface area contributed by atoms with Gasteiger partial charge in [-0.05, 0) is 41.8 Å². The van der Waals surface area contributed by atoms with Crippen LogP contribution in [0.1, 0.15) is 38.2 Å². The van der Waals surface area contributed by atoms with Crippen LogP contribution in [0.3, 0.4) is 0 Å². The van der Waals surface area contributed by atoms with Crippen molar-refractivity contribution in [2.75, 3.05) is 12.4 Å². The Bertz CT molecular complexity index is 1390. The van der Waals surface area contributed by atoms with E-state index in [1.165, 1.54) is 23.5 Å². The summed E-state index contributed by atoms with van der Waals surface area (Å²) in [6.07, 6.45) is -0.504. The number of non-ortho nitro benzene ring substituents is 1. The molecule has 0 radical (unpaired) electrons. The van der Waals surface area contributed by atoms with Crippen LogP contribution in [0.25, 0.3) is 10.2 Å². The third-order valence-corrected chi connectivity index (χ3v) is 6.91. The summed E-state index contributed by atoms with van der Waals surface area (Å²) in [7, 11) is 1.64. The van der Waals surface area contributed by atoms with Gasteiger partial charge in [-0.15, -0.1) is 11.3 Å². The molecule has 0 spiro atoms. The van der Waals surface area contributed by atoms with Crippen LogP contribution in [0.4, 0.5) is 11.4 Å². The number of benzene rings is 2. The molecule has 8 nitrogen and oxygen atoms in total. The van der Waals surface area contributed by atoms with Crippen molar-refractivity contribution in [3.63, 3.8) is 0 Å². The molecule has 0 saturated carbocycles. The summed E-state index contributed by atoms with van der Waals surface area (Å²) >= 11 is 1.37. The number of ether oxygens (including phenoxy) is 1. The number of methoxy groups -OCH3 is 1. The number of thiophene rings is 1. The maximum absolute atomic E-state index is 13.8. The monoisotopic (exact) mass is 474 g/mol. The molecule has 172 valence electrons. The standard InChI is InChI=1S/C25H22N4O4S/c1-15-12-18(14-33-2)20-21-22(34-24(20)26-15)25(30)28(13-16-6-4-3-5-7-16)23(27-21)17-8-10-19(11-9-17)29(31)32/h3-12,23,27H,13-14H2,1-2H3/t23-/m0/s1. The van der Waals surface area contributed by atoms with Gasteiger partial charge in [-0.3, -0.25) is 14.9 Å². The number of fused-ring (bicyclic) bond motifs is 3. The van der Waals surface area contributed by atoms with Gasteiger partial charge in [0.1, 0.15) is 15.9 Å². The Balaban J connectivity index is 1.65. The Kier molecular flexibility index (Phi) is 5.72. The molecule has 9 heteroatoms. The van der Waals surface area contributed by atoms with Gasteiger partial charge in [-0.25, -0.2) is 4.98 Å². The molecule has 1 aliphatic rings. The fraction of sp³-hybridized carbons (Fsp3) is 0.200. The van der Waals surface area contributed by atoms with Gasteiger partial charge >= 0.3 is 0 Å². The number of nitro groups is 1. The molecule has 0 bridgehead atoms. The van der Waals surface area contributed by atoms with Gasteiger partial charge < -0.3 is 15.0 Å². The van der Waals surface area contributed by atoms with E-state index in [0.717, 1.165) is 38.3 Å². The number of aromatic nitrogens is 1. The summed E-state index contributed by atoms with van der Waals surface area (Å²) in [5.74, 6) is -0.107. The Morgan fingerprint density at radius 3 is 2.59 bits per heavy atom. The van der Waals surface area contributed by atoms with Crippen LogP contribution < -0.4 is 5.32 Å². The van der Waals surface area contributed by atoms with Crippen molar-refractivity contribution < 1.29 is 14.5 Å².